The molecule has 0 spiro atoms. The maximum atomic E-state index is 13.0. The second kappa shape index (κ2) is 6.36. The quantitative estimate of drug-likeness (QED) is 0.817. The number of hydrogen-bond donors (Lipinski definition) is 2. The van der Waals surface area contributed by atoms with Crippen molar-refractivity contribution in [1.82, 2.24) is 5.32 Å². The molecule has 126 valence electrons. The molecule has 1 aromatic rings. The average Bonchev–Trinajstić information content (AvgIpc) is 2.52. The molecule has 0 radical (unpaired) electrons. The Kier molecular flexibility index (Phi) is 4.68. The van der Waals surface area contributed by atoms with Gasteiger partial charge in [-0.2, -0.15) is 13.2 Å². The highest BCUT2D eigenvalue weighted by atomic mass is 19.4. The summed E-state index contributed by atoms with van der Waals surface area (Å²) in [6.45, 7) is 1.71. The third kappa shape index (κ3) is 3.50. The van der Waals surface area contributed by atoms with Crippen molar-refractivity contribution < 1.29 is 33.1 Å². The molecule has 1 aliphatic heterocycles. The first-order chi connectivity index (χ1) is 10.8. The van der Waals surface area contributed by atoms with Gasteiger partial charge < -0.3 is 10.2 Å². The van der Waals surface area contributed by atoms with E-state index in [2.05, 4.69) is 10.2 Å². The fraction of sp³-hybridized carbons (Fsp3) is 0.500. The van der Waals surface area contributed by atoms with Gasteiger partial charge in [0.1, 0.15) is 0 Å². The lowest BCUT2D eigenvalue weighted by Crippen LogP contribution is -2.44. The van der Waals surface area contributed by atoms with Crippen LogP contribution in [0.5, 0.6) is 0 Å². The minimum Gasteiger partial charge on any atom is -0.358 e. The Bertz CT molecular complexity index is 629. The topological polar surface area (TPSA) is 84.9 Å². The van der Waals surface area contributed by atoms with Crippen LogP contribution in [-0.2, 0) is 11.0 Å². The van der Waals surface area contributed by atoms with Gasteiger partial charge in [-0.1, -0.05) is 0 Å². The van der Waals surface area contributed by atoms with Crippen LogP contribution in [0.2, 0.25) is 0 Å². The zero-order valence-corrected chi connectivity index (χ0v) is 12.1. The molecule has 0 amide bonds. The molecule has 1 heterocycles. The highest BCUT2D eigenvalue weighted by Crippen LogP contribution is 2.43. The van der Waals surface area contributed by atoms with E-state index >= 15 is 0 Å². The number of hydrogen-bond acceptors (Lipinski definition) is 5. The number of rotatable bonds is 4. The third-order valence-corrected chi connectivity index (χ3v) is 3.40. The van der Waals surface area contributed by atoms with Gasteiger partial charge in [0.25, 0.3) is 9.85 Å². The Hall–Kier alpha value is -2.43. The minimum absolute atomic E-state index is 0.117. The van der Waals surface area contributed by atoms with E-state index in [4.69, 9.17) is 0 Å². The average molecular weight is 336 g/mol. The molecule has 0 aliphatic carbocycles. The lowest BCUT2D eigenvalue weighted by Gasteiger charge is -2.28. The van der Waals surface area contributed by atoms with Crippen molar-refractivity contribution in [1.29, 1.82) is 0 Å². The highest BCUT2D eigenvalue weighted by Gasteiger charge is 2.42. The van der Waals surface area contributed by atoms with Gasteiger partial charge in [0.05, 0.1) is 15.4 Å². The summed E-state index contributed by atoms with van der Waals surface area (Å²) in [6.07, 6.45) is -4.80. The van der Waals surface area contributed by atoms with Crippen LogP contribution in [0.15, 0.2) is 12.1 Å². The fourth-order valence-corrected chi connectivity index (χ4v) is 2.36. The third-order valence-electron chi connectivity index (χ3n) is 3.40. The Balaban J connectivity index is 2.69. The monoisotopic (exact) mass is 336 g/mol. The predicted octanol–water partition coefficient (Wildman–Crippen LogP) is 1.89. The van der Waals surface area contributed by atoms with Gasteiger partial charge >= 0.3 is 17.6 Å². The van der Waals surface area contributed by atoms with Gasteiger partial charge in [-0.15, -0.1) is 0 Å². The summed E-state index contributed by atoms with van der Waals surface area (Å²) in [4.78, 5) is 28.3. The summed E-state index contributed by atoms with van der Waals surface area (Å²) in [7, 11) is 0.988. The van der Waals surface area contributed by atoms with Gasteiger partial charge in [-0.05, 0) is 0 Å². The van der Waals surface area contributed by atoms with Crippen LogP contribution in [0.4, 0.5) is 30.2 Å². The Morgan fingerprint density at radius 1 is 1.22 bits per heavy atom. The summed E-state index contributed by atoms with van der Waals surface area (Å²) in [5.41, 5.74) is -2.54. The van der Waals surface area contributed by atoms with Crippen molar-refractivity contribution in [3.8, 4) is 0 Å². The minimum atomic E-state index is -4.80. The Labute approximate surface area is 128 Å². The molecule has 2 rings (SSSR count). The smallest absolute Gasteiger partial charge is 0.358 e. The van der Waals surface area contributed by atoms with Crippen LogP contribution in [-0.4, -0.2) is 48.3 Å². The van der Waals surface area contributed by atoms with Gasteiger partial charge in [-0.25, -0.2) is 10.0 Å². The SMILES string of the molecule is CO[N+](=O)c1cc(C(F)(F)F)cc([N+](=O)O)c1N1CCNCC1. The molecular weight excluding hydrogens is 321 g/mol. The van der Waals surface area contributed by atoms with Gasteiger partial charge in [0, 0.05) is 38.3 Å². The van der Waals surface area contributed by atoms with Crippen LogP contribution in [0.3, 0.4) is 0 Å². The molecule has 11 heteroatoms. The standard InChI is InChI=1S/C12H15F3N4O4/c1-23-19(22)10-7-8(12(13,14)15)6-9(18(20)21)11(10)17-4-2-16-3-5-17/h6-7,16H,2-5H2,1H3,(H,20,21)/q+2. The first-order valence-electron chi connectivity index (χ1n) is 6.64. The second-order valence-electron chi connectivity index (χ2n) is 4.81. The number of anilines is 1. The molecule has 0 saturated carbocycles. The van der Waals surface area contributed by atoms with Gasteiger partial charge in [-0.3, -0.25) is 0 Å². The lowest BCUT2D eigenvalue weighted by atomic mass is 10.1. The molecule has 0 unspecified atom stereocenters. The maximum Gasteiger partial charge on any atom is 0.416 e. The van der Waals surface area contributed by atoms with E-state index in [1.54, 1.807) is 0 Å². The lowest BCUT2D eigenvalue weighted by molar-refractivity contribution is -0.739. The van der Waals surface area contributed by atoms with Crippen LogP contribution in [0.25, 0.3) is 0 Å². The molecular formula is C12H15F3N4O4+2. The van der Waals surface area contributed by atoms with E-state index in [0.29, 0.717) is 38.3 Å². The number of halogens is 3. The summed E-state index contributed by atoms with van der Waals surface area (Å²) in [5.74, 6) is 0. The van der Waals surface area contributed by atoms with Gasteiger partial charge in [0.2, 0.25) is 5.69 Å². The van der Waals surface area contributed by atoms with E-state index in [9.17, 15) is 28.2 Å². The number of benzene rings is 1. The van der Waals surface area contributed by atoms with E-state index in [0.717, 1.165) is 7.11 Å². The summed E-state index contributed by atoms with van der Waals surface area (Å²) >= 11 is 0. The van der Waals surface area contributed by atoms with Crippen molar-refractivity contribution in [2.24, 2.45) is 0 Å². The largest absolute Gasteiger partial charge is 0.416 e. The number of nitrogens with zero attached hydrogens (tertiary/aromatic N) is 3. The predicted molar refractivity (Wildman–Crippen MR) is 71.9 cm³/mol. The van der Waals surface area contributed by atoms with Crippen LogP contribution in [0.1, 0.15) is 5.56 Å². The molecule has 0 atom stereocenters. The molecule has 0 bridgehead atoms. The molecule has 23 heavy (non-hydrogen) atoms. The van der Waals surface area contributed by atoms with Crippen LogP contribution in [0, 0.1) is 9.81 Å². The molecule has 1 saturated heterocycles. The molecule has 1 fully saturated rings. The van der Waals surface area contributed by atoms with E-state index in [-0.39, 0.29) is 10.6 Å². The first kappa shape index (κ1) is 16.9. The number of nitrogens with one attached hydrogen (secondary N) is 1. The Morgan fingerprint density at radius 3 is 2.26 bits per heavy atom. The van der Waals surface area contributed by atoms with Crippen LogP contribution < -0.4 is 10.2 Å². The number of piperazine rings is 1. The van der Waals surface area contributed by atoms with Crippen molar-refractivity contribution in [3.63, 3.8) is 0 Å². The van der Waals surface area contributed by atoms with E-state index in [1.807, 2.05) is 0 Å². The second-order valence-corrected chi connectivity index (χ2v) is 4.81. The fourth-order valence-electron chi connectivity index (χ4n) is 2.36. The molecule has 1 aliphatic rings. The van der Waals surface area contributed by atoms with E-state index in [1.165, 1.54) is 4.90 Å². The molecule has 0 aromatic heterocycles. The first-order valence-corrected chi connectivity index (χ1v) is 6.64. The van der Waals surface area contributed by atoms with Crippen LogP contribution >= 0.6 is 0 Å². The zero-order chi connectivity index (χ0) is 17.2. The van der Waals surface area contributed by atoms with Crippen molar-refractivity contribution >= 4 is 17.1 Å². The number of alkyl halides is 3. The molecule has 1 aromatic carbocycles. The Morgan fingerprint density at radius 2 is 1.78 bits per heavy atom. The normalized spacial score (nSPS) is 15.4. The van der Waals surface area contributed by atoms with Crippen molar-refractivity contribution in [3.05, 3.63) is 27.5 Å². The summed E-state index contributed by atoms with van der Waals surface area (Å²) in [6, 6.07) is 1.08. The van der Waals surface area contributed by atoms with Crippen molar-refractivity contribution in [2.45, 2.75) is 6.18 Å². The highest BCUT2D eigenvalue weighted by molar-refractivity contribution is 5.76. The van der Waals surface area contributed by atoms with Crippen molar-refractivity contribution in [2.75, 3.05) is 38.2 Å². The molecule has 2 N–H and O–H groups in total. The zero-order valence-electron chi connectivity index (χ0n) is 12.1. The summed E-state index contributed by atoms with van der Waals surface area (Å²) < 4.78 is 38.9. The van der Waals surface area contributed by atoms with E-state index < -0.39 is 28.0 Å². The molecule has 8 nitrogen and oxygen atoms in total. The van der Waals surface area contributed by atoms with Gasteiger partial charge in [0.15, 0.2) is 7.11 Å². The maximum absolute atomic E-state index is 13.0. The summed E-state index contributed by atoms with van der Waals surface area (Å²) in [5, 5.41) is 12.2.